The SMILES string of the molecule is CCN(CC)C(=O)C(C)NC(=O)[C@@H]1CCC[C@@H]1C(=O)O. The summed E-state index contributed by atoms with van der Waals surface area (Å²) in [6.45, 7) is 6.59. The minimum absolute atomic E-state index is 0.131. The normalized spacial score (nSPS) is 23.1. The Hall–Kier alpha value is -1.59. The van der Waals surface area contributed by atoms with Gasteiger partial charge in [-0.25, -0.2) is 0 Å². The van der Waals surface area contributed by atoms with Gasteiger partial charge in [0.1, 0.15) is 6.04 Å². The molecular formula is C14H24N2O4. The molecular weight excluding hydrogens is 260 g/mol. The summed E-state index contributed by atoms with van der Waals surface area (Å²) in [5.41, 5.74) is 0. The number of nitrogens with zero attached hydrogens (tertiary/aromatic N) is 1. The zero-order valence-electron chi connectivity index (χ0n) is 12.4. The second kappa shape index (κ2) is 7.26. The van der Waals surface area contributed by atoms with Gasteiger partial charge in [-0.2, -0.15) is 0 Å². The number of aliphatic carboxylic acids is 1. The second-order valence-corrected chi connectivity index (χ2v) is 5.22. The molecule has 20 heavy (non-hydrogen) atoms. The number of hydrogen-bond donors (Lipinski definition) is 2. The van der Waals surface area contributed by atoms with E-state index < -0.39 is 23.8 Å². The largest absolute Gasteiger partial charge is 0.481 e. The van der Waals surface area contributed by atoms with Crippen LogP contribution in [0.15, 0.2) is 0 Å². The highest BCUT2D eigenvalue weighted by Gasteiger charge is 2.38. The predicted octanol–water partition coefficient (Wildman–Crippen LogP) is 0.860. The van der Waals surface area contributed by atoms with Crippen LogP contribution in [-0.2, 0) is 14.4 Å². The fourth-order valence-electron chi connectivity index (χ4n) is 2.76. The Morgan fingerprint density at radius 1 is 1.20 bits per heavy atom. The Balaban J connectivity index is 2.61. The number of carbonyl (C=O) groups excluding carboxylic acids is 2. The molecule has 0 spiro atoms. The maximum absolute atomic E-state index is 12.1. The van der Waals surface area contributed by atoms with Crippen molar-refractivity contribution in [3.8, 4) is 0 Å². The Bertz CT molecular complexity index is 379. The van der Waals surface area contributed by atoms with E-state index in [1.54, 1.807) is 11.8 Å². The van der Waals surface area contributed by atoms with E-state index in [1.165, 1.54) is 0 Å². The summed E-state index contributed by atoms with van der Waals surface area (Å²) in [6, 6.07) is -0.613. The molecule has 0 aliphatic heterocycles. The minimum atomic E-state index is -0.926. The molecule has 1 rings (SSSR count). The first-order valence-electron chi connectivity index (χ1n) is 7.24. The topological polar surface area (TPSA) is 86.7 Å². The zero-order valence-corrected chi connectivity index (χ0v) is 12.4. The van der Waals surface area contributed by atoms with Gasteiger partial charge in [0.05, 0.1) is 11.8 Å². The molecule has 1 aliphatic carbocycles. The molecule has 1 saturated carbocycles. The van der Waals surface area contributed by atoms with Crippen LogP contribution in [-0.4, -0.2) is 46.9 Å². The summed E-state index contributed by atoms with van der Waals surface area (Å²) in [5, 5.41) is 11.7. The van der Waals surface area contributed by atoms with Gasteiger partial charge in [-0.3, -0.25) is 14.4 Å². The molecule has 6 nitrogen and oxygen atoms in total. The van der Waals surface area contributed by atoms with Crippen LogP contribution in [0.2, 0.25) is 0 Å². The molecule has 1 unspecified atom stereocenters. The quantitative estimate of drug-likeness (QED) is 0.757. The molecule has 3 atom stereocenters. The van der Waals surface area contributed by atoms with Crippen LogP contribution in [0, 0.1) is 11.8 Å². The van der Waals surface area contributed by atoms with Crippen molar-refractivity contribution >= 4 is 17.8 Å². The van der Waals surface area contributed by atoms with Crippen molar-refractivity contribution in [1.29, 1.82) is 0 Å². The van der Waals surface area contributed by atoms with E-state index in [9.17, 15) is 14.4 Å². The molecule has 0 aromatic rings. The number of carbonyl (C=O) groups is 3. The summed E-state index contributed by atoms with van der Waals surface area (Å²) in [5.74, 6) is -2.51. The van der Waals surface area contributed by atoms with Gasteiger partial charge in [0.15, 0.2) is 0 Å². The average molecular weight is 284 g/mol. The van der Waals surface area contributed by atoms with E-state index in [4.69, 9.17) is 5.11 Å². The van der Waals surface area contributed by atoms with Crippen LogP contribution in [0.3, 0.4) is 0 Å². The van der Waals surface area contributed by atoms with Crippen molar-refractivity contribution in [3.05, 3.63) is 0 Å². The second-order valence-electron chi connectivity index (χ2n) is 5.22. The van der Waals surface area contributed by atoms with E-state index in [-0.39, 0.29) is 11.8 Å². The Morgan fingerprint density at radius 3 is 2.25 bits per heavy atom. The van der Waals surface area contributed by atoms with Crippen molar-refractivity contribution < 1.29 is 19.5 Å². The minimum Gasteiger partial charge on any atom is -0.481 e. The number of hydrogen-bond acceptors (Lipinski definition) is 3. The highest BCUT2D eigenvalue weighted by Crippen LogP contribution is 2.32. The highest BCUT2D eigenvalue weighted by atomic mass is 16.4. The van der Waals surface area contributed by atoms with E-state index in [0.29, 0.717) is 25.9 Å². The van der Waals surface area contributed by atoms with Gasteiger partial charge in [0.25, 0.3) is 0 Å². The van der Waals surface area contributed by atoms with Gasteiger partial charge in [-0.1, -0.05) is 6.42 Å². The van der Waals surface area contributed by atoms with Crippen molar-refractivity contribution in [2.45, 2.75) is 46.1 Å². The number of carboxylic acids is 1. The maximum Gasteiger partial charge on any atom is 0.307 e. The van der Waals surface area contributed by atoms with Crippen LogP contribution in [0.5, 0.6) is 0 Å². The first-order chi connectivity index (χ1) is 9.42. The van der Waals surface area contributed by atoms with Crippen molar-refractivity contribution in [1.82, 2.24) is 10.2 Å². The van der Waals surface area contributed by atoms with Crippen molar-refractivity contribution in [2.75, 3.05) is 13.1 Å². The summed E-state index contributed by atoms with van der Waals surface area (Å²) < 4.78 is 0. The Labute approximate surface area is 119 Å². The third-order valence-electron chi connectivity index (χ3n) is 3.97. The number of carboxylic acid groups (broad SMARTS) is 1. The zero-order chi connectivity index (χ0) is 15.3. The van der Waals surface area contributed by atoms with Gasteiger partial charge in [-0.05, 0) is 33.6 Å². The summed E-state index contributed by atoms with van der Waals surface area (Å²) >= 11 is 0. The number of amides is 2. The van der Waals surface area contributed by atoms with Gasteiger partial charge in [0, 0.05) is 13.1 Å². The average Bonchev–Trinajstić information content (AvgIpc) is 2.89. The van der Waals surface area contributed by atoms with Gasteiger partial charge < -0.3 is 15.3 Å². The molecule has 2 amide bonds. The maximum atomic E-state index is 12.1. The van der Waals surface area contributed by atoms with Crippen LogP contribution in [0.1, 0.15) is 40.0 Å². The van der Waals surface area contributed by atoms with E-state index >= 15 is 0 Å². The lowest BCUT2D eigenvalue weighted by Crippen LogP contribution is -2.49. The molecule has 114 valence electrons. The van der Waals surface area contributed by atoms with E-state index in [2.05, 4.69) is 5.32 Å². The van der Waals surface area contributed by atoms with E-state index in [1.807, 2.05) is 13.8 Å². The van der Waals surface area contributed by atoms with Gasteiger partial charge in [0.2, 0.25) is 11.8 Å². The fraction of sp³-hybridized carbons (Fsp3) is 0.786. The van der Waals surface area contributed by atoms with Crippen LogP contribution >= 0.6 is 0 Å². The lowest BCUT2D eigenvalue weighted by atomic mass is 9.95. The molecule has 1 aliphatic rings. The highest BCUT2D eigenvalue weighted by molar-refractivity contribution is 5.90. The molecule has 0 radical (unpaired) electrons. The number of rotatable bonds is 6. The molecule has 1 fully saturated rings. The summed E-state index contributed by atoms with van der Waals surface area (Å²) in [6.07, 6.45) is 1.86. The first kappa shape index (κ1) is 16.5. The molecule has 0 saturated heterocycles. The molecule has 2 N–H and O–H groups in total. The van der Waals surface area contributed by atoms with Crippen LogP contribution in [0.4, 0.5) is 0 Å². The third-order valence-corrected chi connectivity index (χ3v) is 3.97. The monoisotopic (exact) mass is 284 g/mol. The lowest BCUT2D eigenvalue weighted by molar-refractivity contribution is -0.146. The predicted molar refractivity (Wildman–Crippen MR) is 74.0 cm³/mol. The lowest BCUT2D eigenvalue weighted by Gasteiger charge is -2.25. The van der Waals surface area contributed by atoms with Gasteiger partial charge >= 0.3 is 5.97 Å². The smallest absolute Gasteiger partial charge is 0.307 e. The summed E-state index contributed by atoms with van der Waals surface area (Å²) in [4.78, 5) is 36.9. The third kappa shape index (κ3) is 3.71. The molecule has 6 heteroatoms. The van der Waals surface area contributed by atoms with Gasteiger partial charge in [-0.15, -0.1) is 0 Å². The molecule has 0 bridgehead atoms. The fourth-order valence-corrected chi connectivity index (χ4v) is 2.76. The molecule has 0 heterocycles. The molecule has 0 aromatic carbocycles. The van der Waals surface area contributed by atoms with Crippen LogP contribution < -0.4 is 5.32 Å². The summed E-state index contributed by atoms with van der Waals surface area (Å²) in [7, 11) is 0. The van der Waals surface area contributed by atoms with Crippen molar-refractivity contribution in [2.24, 2.45) is 11.8 Å². The first-order valence-corrected chi connectivity index (χ1v) is 7.24. The standard InChI is InChI=1S/C14H24N2O4/c1-4-16(5-2)13(18)9(3)15-12(17)10-7-6-8-11(10)14(19)20/h9-11H,4-8H2,1-3H3,(H,15,17)(H,19,20)/t9?,10-,11+/m1/s1. The molecule has 0 aromatic heterocycles. The number of likely N-dealkylation sites (N-methyl/N-ethyl adjacent to an activating group) is 1. The Kier molecular flexibility index (Phi) is 5.98. The Morgan fingerprint density at radius 2 is 1.75 bits per heavy atom. The van der Waals surface area contributed by atoms with Crippen molar-refractivity contribution in [3.63, 3.8) is 0 Å². The number of nitrogens with one attached hydrogen (secondary N) is 1. The van der Waals surface area contributed by atoms with E-state index in [0.717, 1.165) is 6.42 Å². The van der Waals surface area contributed by atoms with Crippen LogP contribution in [0.25, 0.3) is 0 Å².